The van der Waals surface area contributed by atoms with Gasteiger partial charge in [0.2, 0.25) is 0 Å². The van der Waals surface area contributed by atoms with Gasteiger partial charge in [0, 0.05) is 57.6 Å². The minimum atomic E-state index is 0.0308. The summed E-state index contributed by atoms with van der Waals surface area (Å²) in [5.41, 5.74) is 5.16. The van der Waals surface area contributed by atoms with Gasteiger partial charge < -0.3 is 14.9 Å². The predicted molar refractivity (Wildman–Crippen MR) is 100 cm³/mol. The van der Waals surface area contributed by atoms with E-state index in [4.69, 9.17) is 11.6 Å². The summed E-state index contributed by atoms with van der Waals surface area (Å²) in [7, 11) is 0. The Labute approximate surface area is 149 Å². The Morgan fingerprint density at radius 2 is 1.92 bits per heavy atom. The first-order chi connectivity index (χ1) is 12.2. The Bertz CT molecular complexity index is 1120. The number of benzene rings is 2. The Balaban J connectivity index is 1.49. The van der Waals surface area contributed by atoms with Crippen LogP contribution in [0.2, 0.25) is 5.02 Å². The quantitative estimate of drug-likeness (QED) is 0.522. The van der Waals surface area contributed by atoms with E-state index in [0.29, 0.717) is 17.3 Å². The molecule has 1 aliphatic rings. The molecule has 5 heteroatoms. The Kier molecular flexibility index (Phi) is 3.15. The SMILES string of the molecule is O=C(c1cc2cc(Cl)ccc2[nH]1)N1CCc2[nH]c3ccccc3c2C1. The third kappa shape index (κ3) is 2.33. The average molecular weight is 350 g/mol. The minimum Gasteiger partial charge on any atom is -0.358 e. The maximum absolute atomic E-state index is 13.0. The summed E-state index contributed by atoms with van der Waals surface area (Å²) in [5, 5.41) is 2.84. The van der Waals surface area contributed by atoms with Gasteiger partial charge in [-0.2, -0.15) is 0 Å². The van der Waals surface area contributed by atoms with Crippen molar-refractivity contribution in [2.45, 2.75) is 13.0 Å². The molecule has 0 unspecified atom stereocenters. The van der Waals surface area contributed by atoms with E-state index in [9.17, 15) is 4.79 Å². The van der Waals surface area contributed by atoms with Crippen LogP contribution in [0.1, 0.15) is 21.7 Å². The highest BCUT2D eigenvalue weighted by Crippen LogP contribution is 2.29. The molecule has 0 atom stereocenters. The molecule has 3 heterocycles. The van der Waals surface area contributed by atoms with Crippen LogP contribution in [0.25, 0.3) is 21.8 Å². The fourth-order valence-corrected chi connectivity index (χ4v) is 3.91. The van der Waals surface area contributed by atoms with Gasteiger partial charge in [-0.1, -0.05) is 29.8 Å². The standard InChI is InChI=1S/C20H16ClN3O/c21-13-5-6-16-12(9-13)10-19(22-16)20(25)24-8-7-18-15(11-24)14-3-1-2-4-17(14)23-18/h1-6,9-10,22-23H,7-8,11H2. The molecule has 4 nitrogen and oxygen atoms in total. The smallest absolute Gasteiger partial charge is 0.270 e. The number of rotatable bonds is 1. The van der Waals surface area contributed by atoms with Crippen molar-refractivity contribution in [1.82, 2.24) is 14.9 Å². The number of halogens is 1. The van der Waals surface area contributed by atoms with Gasteiger partial charge in [0.05, 0.1) is 0 Å². The average Bonchev–Trinajstić information content (AvgIpc) is 3.21. The van der Waals surface area contributed by atoms with Crippen LogP contribution in [0, 0.1) is 0 Å². The van der Waals surface area contributed by atoms with Crippen molar-refractivity contribution in [2.24, 2.45) is 0 Å². The largest absolute Gasteiger partial charge is 0.358 e. The van der Waals surface area contributed by atoms with Gasteiger partial charge in [0.15, 0.2) is 0 Å². The van der Waals surface area contributed by atoms with Gasteiger partial charge in [-0.3, -0.25) is 4.79 Å². The zero-order chi connectivity index (χ0) is 17.0. The molecule has 1 amide bonds. The number of amides is 1. The van der Waals surface area contributed by atoms with Crippen molar-refractivity contribution in [3.63, 3.8) is 0 Å². The Hall–Kier alpha value is -2.72. The lowest BCUT2D eigenvalue weighted by Crippen LogP contribution is -2.35. The van der Waals surface area contributed by atoms with Crippen molar-refractivity contribution in [3.8, 4) is 0 Å². The molecule has 0 aliphatic carbocycles. The van der Waals surface area contributed by atoms with Crippen LogP contribution in [0.5, 0.6) is 0 Å². The van der Waals surface area contributed by atoms with Crippen LogP contribution in [-0.4, -0.2) is 27.3 Å². The number of nitrogens with zero attached hydrogens (tertiary/aromatic N) is 1. The molecule has 2 N–H and O–H groups in total. The lowest BCUT2D eigenvalue weighted by atomic mass is 10.0. The van der Waals surface area contributed by atoms with Crippen molar-refractivity contribution in [1.29, 1.82) is 0 Å². The Morgan fingerprint density at radius 1 is 1.04 bits per heavy atom. The molecule has 124 valence electrons. The van der Waals surface area contributed by atoms with E-state index in [1.165, 1.54) is 16.6 Å². The highest BCUT2D eigenvalue weighted by molar-refractivity contribution is 6.31. The van der Waals surface area contributed by atoms with Gasteiger partial charge in [-0.25, -0.2) is 0 Å². The number of aromatic amines is 2. The lowest BCUT2D eigenvalue weighted by Gasteiger charge is -2.26. The molecule has 0 radical (unpaired) electrons. The van der Waals surface area contributed by atoms with Crippen LogP contribution in [0.4, 0.5) is 0 Å². The summed E-state index contributed by atoms with van der Waals surface area (Å²) in [6, 6.07) is 15.8. The second-order valence-corrected chi connectivity index (χ2v) is 6.96. The number of hydrogen-bond donors (Lipinski definition) is 2. The first kappa shape index (κ1) is 14.6. The molecule has 0 saturated carbocycles. The molecule has 1 aliphatic heterocycles. The fraction of sp³-hybridized carbons (Fsp3) is 0.150. The van der Waals surface area contributed by atoms with Crippen LogP contribution in [0.15, 0.2) is 48.5 Å². The van der Waals surface area contributed by atoms with E-state index in [1.807, 2.05) is 41.3 Å². The second-order valence-electron chi connectivity index (χ2n) is 6.52. The van der Waals surface area contributed by atoms with Crippen LogP contribution in [-0.2, 0) is 13.0 Å². The maximum Gasteiger partial charge on any atom is 0.270 e. The first-order valence-corrected chi connectivity index (χ1v) is 8.73. The second kappa shape index (κ2) is 5.39. The summed E-state index contributed by atoms with van der Waals surface area (Å²) in [4.78, 5) is 21.6. The molecule has 2 aromatic carbocycles. The number of H-pyrrole nitrogens is 2. The van der Waals surface area contributed by atoms with Crippen LogP contribution in [0.3, 0.4) is 0 Å². The summed E-state index contributed by atoms with van der Waals surface area (Å²) in [5.74, 6) is 0.0308. The first-order valence-electron chi connectivity index (χ1n) is 8.35. The van der Waals surface area contributed by atoms with Gasteiger partial charge >= 0.3 is 0 Å². The molecular formula is C20H16ClN3O. The highest BCUT2D eigenvalue weighted by atomic mass is 35.5. The highest BCUT2D eigenvalue weighted by Gasteiger charge is 2.25. The lowest BCUT2D eigenvalue weighted by molar-refractivity contribution is 0.0730. The fourth-order valence-electron chi connectivity index (χ4n) is 3.73. The van der Waals surface area contributed by atoms with Crippen LogP contribution >= 0.6 is 11.6 Å². The monoisotopic (exact) mass is 349 g/mol. The summed E-state index contributed by atoms with van der Waals surface area (Å²) in [6.45, 7) is 1.35. The number of nitrogens with one attached hydrogen (secondary N) is 2. The number of fused-ring (bicyclic) bond motifs is 4. The van der Waals surface area contributed by atoms with Gasteiger partial charge in [-0.05, 0) is 30.3 Å². The van der Waals surface area contributed by atoms with E-state index >= 15 is 0 Å². The summed E-state index contributed by atoms with van der Waals surface area (Å²) in [6.07, 6.45) is 0.849. The predicted octanol–water partition coefficient (Wildman–Crippen LogP) is 4.50. The molecule has 5 rings (SSSR count). The topological polar surface area (TPSA) is 51.9 Å². The molecule has 4 aromatic rings. The number of aromatic nitrogens is 2. The van der Waals surface area contributed by atoms with E-state index in [0.717, 1.165) is 29.4 Å². The van der Waals surface area contributed by atoms with Crippen LogP contribution < -0.4 is 0 Å². The number of para-hydroxylation sites is 1. The molecule has 0 saturated heterocycles. The van der Waals surface area contributed by atoms with Crippen molar-refractivity contribution >= 4 is 39.3 Å². The zero-order valence-electron chi connectivity index (χ0n) is 13.5. The minimum absolute atomic E-state index is 0.0308. The third-order valence-electron chi connectivity index (χ3n) is 4.98. The number of carbonyl (C=O) groups is 1. The van der Waals surface area contributed by atoms with Crippen molar-refractivity contribution in [3.05, 3.63) is 70.5 Å². The zero-order valence-corrected chi connectivity index (χ0v) is 14.2. The molecule has 2 aromatic heterocycles. The molecule has 0 fully saturated rings. The molecule has 25 heavy (non-hydrogen) atoms. The van der Waals surface area contributed by atoms with E-state index in [1.54, 1.807) is 0 Å². The third-order valence-corrected chi connectivity index (χ3v) is 5.22. The van der Waals surface area contributed by atoms with Crippen molar-refractivity contribution < 1.29 is 4.79 Å². The van der Waals surface area contributed by atoms with E-state index < -0.39 is 0 Å². The van der Waals surface area contributed by atoms with Crippen molar-refractivity contribution in [2.75, 3.05) is 6.54 Å². The van der Waals surface area contributed by atoms with Gasteiger partial charge in [0.1, 0.15) is 5.69 Å². The molecule has 0 bridgehead atoms. The molecule has 0 spiro atoms. The Morgan fingerprint density at radius 3 is 2.84 bits per heavy atom. The van der Waals surface area contributed by atoms with Gasteiger partial charge in [-0.15, -0.1) is 0 Å². The number of carbonyl (C=O) groups excluding carboxylic acids is 1. The maximum atomic E-state index is 13.0. The summed E-state index contributed by atoms with van der Waals surface area (Å²) >= 11 is 6.04. The summed E-state index contributed by atoms with van der Waals surface area (Å²) < 4.78 is 0. The van der Waals surface area contributed by atoms with E-state index in [-0.39, 0.29) is 5.91 Å². The molecular weight excluding hydrogens is 334 g/mol. The van der Waals surface area contributed by atoms with Gasteiger partial charge in [0.25, 0.3) is 5.91 Å². The number of hydrogen-bond acceptors (Lipinski definition) is 1. The normalized spacial score (nSPS) is 14.2. The van der Waals surface area contributed by atoms with E-state index in [2.05, 4.69) is 22.1 Å².